The minimum absolute atomic E-state index is 0.284. The molecule has 0 fully saturated rings. The molecule has 0 spiro atoms. The summed E-state index contributed by atoms with van der Waals surface area (Å²) in [5.74, 6) is -0.0875. The van der Waals surface area contributed by atoms with Crippen molar-refractivity contribution in [2.24, 2.45) is 7.05 Å². The first-order valence-electron chi connectivity index (χ1n) is 11.4. The summed E-state index contributed by atoms with van der Waals surface area (Å²) < 4.78 is 9.83. The zero-order valence-corrected chi connectivity index (χ0v) is 19.6. The number of aromatic nitrogens is 3. The molecule has 0 saturated heterocycles. The predicted octanol–water partition coefficient (Wildman–Crippen LogP) is 5.98. The highest BCUT2D eigenvalue weighted by Crippen LogP contribution is 2.35. The van der Waals surface area contributed by atoms with Crippen LogP contribution in [-0.2, 0) is 13.6 Å². The molecule has 2 aromatic heterocycles. The molecule has 5 aromatic rings. The molecule has 0 saturated carbocycles. The number of benzene rings is 3. The quantitative estimate of drug-likeness (QED) is 0.308. The number of carboxylic acids is 1. The Hall–Kier alpha value is -4.06. The Bertz CT molecular complexity index is 1520. The van der Waals surface area contributed by atoms with Gasteiger partial charge in [-0.05, 0) is 49.4 Å². The molecule has 0 bridgehead atoms. The Labute approximate surface area is 198 Å². The Balaban J connectivity index is 1.44. The molecule has 0 atom stereocenters. The van der Waals surface area contributed by atoms with Crippen molar-refractivity contribution >= 4 is 27.6 Å². The number of fused-ring (bicyclic) bond motifs is 2. The third-order valence-corrected chi connectivity index (χ3v) is 6.48. The molecule has 2 heterocycles. The number of nitrogens with zero attached hydrogens (tertiary/aromatic N) is 3. The van der Waals surface area contributed by atoms with Gasteiger partial charge in [0.1, 0.15) is 11.4 Å². The smallest absolute Gasteiger partial charge is 0.352 e. The first-order valence-corrected chi connectivity index (χ1v) is 11.4. The second-order valence-corrected chi connectivity index (χ2v) is 8.57. The number of aromatic carboxylic acids is 1. The zero-order chi connectivity index (χ0) is 23.8. The number of carbonyl (C=O) groups is 1. The molecular formula is C28H27N3O3. The second kappa shape index (κ2) is 8.71. The van der Waals surface area contributed by atoms with Crippen LogP contribution in [0, 0.1) is 13.8 Å². The Morgan fingerprint density at radius 3 is 2.53 bits per heavy atom. The van der Waals surface area contributed by atoms with Gasteiger partial charge in [-0.3, -0.25) is 4.68 Å². The van der Waals surface area contributed by atoms with Crippen LogP contribution in [0.4, 0.5) is 0 Å². The lowest BCUT2D eigenvalue weighted by molar-refractivity contribution is 0.0685. The topological polar surface area (TPSA) is 69.3 Å². The van der Waals surface area contributed by atoms with Crippen molar-refractivity contribution in [3.05, 3.63) is 83.8 Å². The van der Waals surface area contributed by atoms with Gasteiger partial charge >= 0.3 is 5.97 Å². The maximum Gasteiger partial charge on any atom is 0.352 e. The molecular weight excluding hydrogens is 426 g/mol. The van der Waals surface area contributed by atoms with Crippen molar-refractivity contribution in [2.75, 3.05) is 6.61 Å². The van der Waals surface area contributed by atoms with Crippen LogP contribution < -0.4 is 4.74 Å². The monoisotopic (exact) mass is 453 g/mol. The Morgan fingerprint density at radius 1 is 1.00 bits per heavy atom. The van der Waals surface area contributed by atoms with E-state index in [2.05, 4.69) is 23.3 Å². The van der Waals surface area contributed by atoms with Gasteiger partial charge in [-0.25, -0.2) is 4.79 Å². The average Bonchev–Trinajstić information content (AvgIpc) is 3.33. The number of ether oxygens (including phenoxy) is 1. The molecule has 6 nitrogen and oxygen atoms in total. The maximum atomic E-state index is 12.1. The summed E-state index contributed by atoms with van der Waals surface area (Å²) in [6, 6.07) is 22.0. The highest BCUT2D eigenvalue weighted by Gasteiger charge is 2.20. The number of carboxylic acid groups (broad SMARTS) is 1. The van der Waals surface area contributed by atoms with E-state index < -0.39 is 5.97 Å². The first-order chi connectivity index (χ1) is 16.5. The number of rotatable bonds is 7. The number of hydrogen-bond donors (Lipinski definition) is 1. The van der Waals surface area contributed by atoms with Crippen molar-refractivity contribution in [3.63, 3.8) is 0 Å². The van der Waals surface area contributed by atoms with E-state index in [0.717, 1.165) is 49.9 Å². The van der Waals surface area contributed by atoms with Gasteiger partial charge in [0.25, 0.3) is 0 Å². The average molecular weight is 454 g/mol. The number of aryl methyl sites for hydroxylation is 3. The standard InChI is InChI=1S/C28H27N3O3/c1-18-27(19(2)30(3)29-18)22-12-7-13-24-23(22)17-25(28(32)33)31(24)15-8-16-34-26-14-6-10-20-9-4-5-11-21(20)26/h4-7,9-14,17H,8,15-16H2,1-3H3,(H,32,33). The molecule has 5 rings (SSSR count). The highest BCUT2D eigenvalue weighted by molar-refractivity contribution is 6.02. The van der Waals surface area contributed by atoms with E-state index in [1.807, 2.05) is 72.6 Å². The second-order valence-electron chi connectivity index (χ2n) is 8.57. The molecule has 34 heavy (non-hydrogen) atoms. The van der Waals surface area contributed by atoms with Crippen LogP contribution in [0.5, 0.6) is 5.75 Å². The zero-order valence-electron chi connectivity index (χ0n) is 19.6. The molecule has 0 aliphatic carbocycles. The van der Waals surface area contributed by atoms with E-state index in [1.54, 1.807) is 6.07 Å². The third-order valence-electron chi connectivity index (χ3n) is 6.48. The molecule has 0 aliphatic heterocycles. The van der Waals surface area contributed by atoms with E-state index >= 15 is 0 Å². The van der Waals surface area contributed by atoms with Gasteiger partial charge in [0.15, 0.2) is 0 Å². The third kappa shape index (κ3) is 3.71. The Morgan fingerprint density at radius 2 is 1.76 bits per heavy atom. The maximum absolute atomic E-state index is 12.1. The van der Waals surface area contributed by atoms with E-state index in [4.69, 9.17) is 4.74 Å². The summed E-state index contributed by atoms with van der Waals surface area (Å²) in [6.45, 7) is 5.06. The normalized spacial score (nSPS) is 11.4. The van der Waals surface area contributed by atoms with Crippen molar-refractivity contribution in [2.45, 2.75) is 26.8 Å². The summed E-state index contributed by atoms with van der Waals surface area (Å²) >= 11 is 0. The van der Waals surface area contributed by atoms with Crippen LogP contribution in [0.15, 0.2) is 66.7 Å². The highest BCUT2D eigenvalue weighted by atomic mass is 16.5. The molecule has 0 amide bonds. The number of hydrogen-bond acceptors (Lipinski definition) is 3. The van der Waals surface area contributed by atoms with Gasteiger partial charge in [-0.1, -0.05) is 48.5 Å². The van der Waals surface area contributed by atoms with Gasteiger partial charge in [-0.2, -0.15) is 5.10 Å². The summed E-state index contributed by atoms with van der Waals surface area (Å²) in [7, 11) is 1.93. The molecule has 0 radical (unpaired) electrons. The van der Waals surface area contributed by atoms with Crippen LogP contribution in [0.1, 0.15) is 28.3 Å². The molecule has 172 valence electrons. The molecule has 3 aromatic carbocycles. The van der Waals surface area contributed by atoms with Gasteiger partial charge in [0.05, 0.1) is 12.3 Å². The van der Waals surface area contributed by atoms with E-state index in [9.17, 15) is 9.90 Å². The van der Waals surface area contributed by atoms with E-state index in [-0.39, 0.29) is 5.69 Å². The summed E-state index contributed by atoms with van der Waals surface area (Å²) in [4.78, 5) is 12.1. The molecule has 6 heteroatoms. The van der Waals surface area contributed by atoms with Gasteiger partial charge in [0, 0.05) is 41.1 Å². The van der Waals surface area contributed by atoms with Crippen molar-refractivity contribution in [1.82, 2.24) is 14.3 Å². The van der Waals surface area contributed by atoms with Crippen LogP contribution in [0.25, 0.3) is 32.8 Å². The van der Waals surface area contributed by atoms with E-state index in [0.29, 0.717) is 19.6 Å². The first kappa shape index (κ1) is 21.8. The van der Waals surface area contributed by atoms with Gasteiger partial charge in [-0.15, -0.1) is 0 Å². The van der Waals surface area contributed by atoms with Crippen LogP contribution in [-0.4, -0.2) is 32.0 Å². The molecule has 0 aliphatic rings. The molecule has 1 N–H and O–H groups in total. The molecule has 0 unspecified atom stereocenters. The Kier molecular flexibility index (Phi) is 5.57. The van der Waals surface area contributed by atoms with Gasteiger partial charge in [0.2, 0.25) is 0 Å². The summed E-state index contributed by atoms with van der Waals surface area (Å²) in [5.41, 5.74) is 5.24. The fourth-order valence-corrected chi connectivity index (χ4v) is 4.81. The van der Waals surface area contributed by atoms with Crippen molar-refractivity contribution in [3.8, 4) is 16.9 Å². The van der Waals surface area contributed by atoms with Crippen LogP contribution in [0.2, 0.25) is 0 Å². The minimum atomic E-state index is -0.934. The lowest BCUT2D eigenvalue weighted by Crippen LogP contribution is -2.11. The van der Waals surface area contributed by atoms with E-state index in [1.165, 1.54) is 0 Å². The SMILES string of the molecule is Cc1nn(C)c(C)c1-c1cccc2c1cc(C(=O)O)n2CCCOc1cccc2ccccc12. The summed E-state index contributed by atoms with van der Waals surface area (Å²) in [5, 5.41) is 17.6. The fourth-order valence-electron chi connectivity index (χ4n) is 4.81. The predicted molar refractivity (Wildman–Crippen MR) is 135 cm³/mol. The van der Waals surface area contributed by atoms with Crippen LogP contribution in [0.3, 0.4) is 0 Å². The van der Waals surface area contributed by atoms with Crippen LogP contribution >= 0.6 is 0 Å². The van der Waals surface area contributed by atoms with Crippen molar-refractivity contribution in [1.29, 1.82) is 0 Å². The fraction of sp³-hybridized carbons (Fsp3) is 0.214. The largest absolute Gasteiger partial charge is 0.493 e. The minimum Gasteiger partial charge on any atom is -0.493 e. The summed E-state index contributed by atoms with van der Waals surface area (Å²) in [6.07, 6.45) is 0.683. The van der Waals surface area contributed by atoms with Crippen molar-refractivity contribution < 1.29 is 14.6 Å². The van der Waals surface area contributed by atoms with Gasteiger partial charge < -0.3 is 14.4 Å². The lowest BCUT2D eigenvalue weighted by Gasteiger charge is -2.12. The lowest BCUT2D eigenvalue weighted by atomic mass is 10.00.